The Morgan fingerprint density at radius 1 is 1.12 bits per heavy atom. The van der Waals surface area contributed by atoms with Crippen molar-refractivity contribution in [2.75, 3.05) is 5.32 Å². The molecule has 7 heteroatoms. The van der Waals surface area contributed by atoms with Gasteiger partial charge in [0.25, 0.3) is 5.91 Å². The maximum absolute atomic E-state index is 12.4. The van der Waals surface area contributed by atoms with E-state index in [1.54, 1.807) is 6.07 Å². The fourth-order valence-corrected chi connectivity index (χ4v) is 4.07. The summed E-state index contributed by atoms with van der Waals surface area (Å²) in [6.07, 6.45) is 0. The molecule has 0 radical (unpaired) electrons. The Morgan fingerprint density at radius 2 is 1.92 bits per heavy atom. The van der Waals surface area contributed by atoms with Gasteiger partial charge in [0.1, 0.15) is 4.88 Å². The molecule has 0 atom stereocenters. The Labute approximate surface area is 161 Å². The first kappa shape index (κ1) is 16.9. The number of carbonyl (C=O) groups is 1. The van der Waals surface area contributed by atoms with E-state index in [-0.39, 0.29) is 11.8 Å². The molecule has 2 aromatic carbocycles. The Balaban J connectivity index is 1.78. The van der Waals surface area contributed by atoms with Crippen LogP contribution in [0.15, 0.2) is 45.9 Å². The lowest BCUT2D eigenvalue weighted by atomic mass is 10.1. The number of fused-ring (bicyclic) bond motifs is 1. The van der Waals surface area contributed by atoms with E-state index in [4.69, 9.17) is 0 Å². The quantitative estimate of drug-likeness (QED) is 0.671. The van der Waals surface area contributed by atoms with Crippen LogP contribution in [0.25, 0.3) is 5.57 Å². The molecule has 5 nitrogen and oxygen atoms in total. The number of amides is 1. The van der Waals surface area contributed by atoms with E-state index >= 15 is 0 Å². The molecule has 2 N–H and O–H groups in total. The first-order valence-corrected chi connectivity index (χ1v) is 9.50. The summed E-state index contributed by atoms with van der Waals surface area (Å²) in [5.74, 6) is -0.539. The van der Waals surface area contributed by atoms with E-state index in [2.05, 4.69) is 31.2 Å². The summed E-state index contributed by atoms with van der Waals surface area (Å²) in [7, 11) is 0. The molecule has 4 rings (SSSR count). The number of nitrogens with one attached hydrogen (secondary N) is 1. The minimum Gasteiger partial charge on any atom is -0.492 e. The highest BCUT2D eigenvalue weighted by Gasteiger charge is 2.25. The number of carbonyl (C=O) groups excluding carboxylic acids is 1. The van der Waals surface area contributed by atoms with Gasteiger partial charge in [0.15, 0.2) is 5.13 Å². The lowest BCUT2D eigenvalue weighted by Crippen LogP contribution is -2.22. The van der Waals surface area contributed by atoms with Gasteiger partial charge < -0.3 is 10.4 Å². The molecule has 1 aromatic heterocycles. The molecule has 0 saturated heterocycles. The van der Waals surface area contributed by atoms with Gasteiger partial charge in [-0.25, -0.2) is 4.99 Å². The van der Waals surface area contributed by atoms with Crippen LogP contribution in [0.5, 0.6) is 5.88 Å². The number of nitrogens with zero attached hydrogens (tertiary/aromatic N) is 2. The third-order valence-electron chi connectivity index (χ3n) is 4.26. The Morgan fingerprint density at radius 3 is 2.69 bits per heavy atom. The third kappa shape index (κ3) is 2.93. The lowest BCUT2D eigenvalue weighted by Gasteiger charge is -2.05. The normalized spacial score (nSPS) is 12.9. The van der Waals surface area contributed by atoms with Crippen LogP contribution in [0.4, 0.5) is 10.8 Å². The number of thiazole rings is 1. The number of hydrogen-bond donors (Lipinski definition) is 2. The largest absolute Gasteiger partial charge is 0.492 e. The monoisotopic (exact) mass is 427 g/mol. The van der Waals surface area contributed by atoms with E-state index < -0.39 is 0 Å². The molecule has 2 heterocycles. The highest BCUT2D eigenvalue weighted by Crippen LogP contribution is 2.35. The van der Waals surface area contributed by atoms with Crippen LogP contribution in [-0.4, -0.2) is 16.0 Å². The summed E-state index contributed by atoms with van der Waals surface area (Å²) in [5, 5.41) is 15.3. The van der Waals surface area contributed by atoms with Gasteiger partial charge in [-0.1, -0.05) is 33.3 Å². The molecule has 1 amide bonds. The molecule has 0 spiro atoms. The number of anilines is 2. The Hall–Kier alpha value is -2.51. The number of aromatic nitrogens is 1. The van der Waals surface area contributed by atoms with Gasteiger partial charge in [0.2, 0.25) is 5.88 Å². The predicted molar refractivity (Wildman–Crippen MR) is 105 cm³/mol. The number of benzene rings is 2. The summed E-state index contributed by atoms with van der Waals surface area (Å²) in [6, 6.07) is 11.4. The molecule has 26 heavy (non-hydrogen) atoms. The fraction of sp³-hybridized carbons (Fsp3) is 0.105. The average Bonchev–Trinajstić information content (AvgIpc) is 3.09. The minimum atomic E-state index is -0.366. The molecular formula is C19H14BrN3O2S. The van der Waals surface area contributed by atoms with Crippen molar-refractivity contribution in [2.45, 2.75) is 13.8 Å². The van der Waals surface area contributed by atoms with Crippen LogP contribution in [-0.2, 0) is 4.79 Å². The number of halogens is 1. The molecular weight excluding hydrogens is 414 g/mol. The van der Waals surface area contributed by atoms with Crippen molar-refractivity contribution in [3.63, 3.8) is 0 Å². The molecule has 1 aliphatic rings. The van der Waals surface area contributed by atoms with E-state index in [0.29, 0.717) is 26.2 Å². The predicted octanol–water partition coefficient (Wildman–Crippen LogP) is 3.33. The van der Waals surface area contributed by atoms with Crippen molar-refractivity contribution in [2.24, 2.45) is 4.99 Å². The second-order valence-electron chi connectivity index (χ2n) is 6.05. The molecule has 0 fully saturated rings. The highest BCUT2D eigenvalue weighted by molar-refractivity contribution is 9.10. The van der Waals surface area contributed by atoms with Crippen molar-refractivity contribution in [3.05, 3.63) is 67.5 Å². The minimum absolute atomic E-state index is 0.173. The van der Waals surface area contributed by atoms with E-state index in [9.17, 15) is 9.90 Å². The summed E-state index contributed by atoms with van der Waals surface area (Å²) in [5.41, 5.74) is 3.62. The number of aromatic hydroxyl groups is 1. The highest BCUT2D eigenvalue weighted by atomic mass is 79.9. The van der Waals surface area contributed by atoms with Gasteiger partial charge in [-0.2, -0.15) is 4.98 Å². The van der Waals surface area contributed by atoms with Crippen LogP contribution in [0, 0.1) is 13.8 Å². The molecule has 0 bridgehead atoms. The molecule has 0 unspecified atom stereocenters. The summed E-state index contributed by atoms with van der Waals surface area (Å²) >= 11 is 4.64. The summed E-state index contributed by atoms with van der Waals surface area (Å²) < 4.78 is 0.844. The van der Waals surface area contributed by atoms with Crippen LogP contribution in [0.3, 0.4) is 0 Å². The smallest absolute Gasteiger partial charge is 0.279 e. The molecule has 130 valence electrons. The number of hydrogen-bond acceptors (Lipinski definition) is 5. The zero-order valence-corrected chi connectivity index (χ0v) is 16.4. The average molecular weight is 428 g/mol. The SMILES string of the molecule is Cc1ccc(Nc2nc(O)c(C3=c4cc(Br)ccc4=NC3=O)s2)cc1C. The van der Waals surface area contributed by atoms with Gasteiger partial charge in [-0.15, -0.1) is 0 Å². The Bertz CT molecular complexity index is 1180. The van der Waals surface area contributed by atoms with Crippen LogP contribution in [0.1, 0.15) is 16.0 Å². The third-order valence-corrected chi connectivity index (χ3v) is 5.73. The van der Waals surface area contributed by atoms with E-state index in [0.717, 1.165) is 15.7 Å². The molecule has 0 aliphatic carbocycles. The topological polar surface area (TPSA) is 74.6 Å². The van der Waals surface area contributed by atoms with Crippen molar-refractivity contribution in [3.8, 4) is 5.88 Å². The summed E-state index contributed by atoms with van der Waals surface area (Å²) in [6.45, 7) is 4.09. The van der Waals surface area contributed by atoms with Crippen LogP contribution < -0.4 is 15.9 Å². The molecule has 0 saturated carbocycles. The zero-order chi connectivity index (χ0) is 18.4. The van der Waals surface area contributed by atoms with Crippen LogP contribution in [0.2, 0.25) is 0 Å². The number of rotatable bonds is 3. The van der Waals surface area contributed by atoms with Crippen LogP contribution >= 0.6 is 27.3 Å². The maximum Gasteiger partial charge on any atom is 0.279 e. The zero-order valence-electron chi connectivity index (χ0n) is 14.0. The van der Waals surface area contributed by atoms with E-state index in [1.807, 2.05) is 44.2 Å². The van der Waals surface area contributed by atoms with Gasteiger partial charge in [0.05, 0.1) is 10.9 Å². The van der Waals surface area contributed by atoms with Gasteiger partial charge in [-0.05, 0) is 55.3 Å². The van der Waals surface area contributed by atoms with Crippen molar-refractivity contribution >= 4 is 49.6 Å². The molecule has 1 aliphatic heterocycles. The van der Waals surface area contributed by atoms with Gasteiger partial charge in [0, 0.05) is 15.4 Å². The van der Waals surface area contributed by atoms with Crippen molar-refractivity contribution < 1.29 is 9.90 Å². The Kier molecular flexibility index (Phi) is 4.13. The second-order valence-corrected chi connectivity index (χ2v) is 7.96. The molecule has 3 aromatic rings. The fourth-order valence-electron chi connectivity index (χ4n) is 2.78. The van der Waals surface area contributed by atoms with E-state index in [1.165, 1.54) is 16.9 Å². The van der Waals surface area contributed by atoms with Gasteiger partial charge in [-0.3, -0.25) is 4.79 Å². The van der Waals surface area contributed by atoms with Gasteiger partial charge >= 0.3 is 0 Å². The number of aryl methyl sites for hydroxylation is 2. The maximum atomic E-state index is 12.4. The van der Waals surface area contributed by atoms with Crippen molar-refractivity contribution in [1.29, 1.82) is 0 Å². The summed E-state index contributed by atoms with van der Waals surface area (Å²) in [4.78, 5) is 21.0. The van der Waals surface area contributed by atoms with Crippen molar-refractivity contribution in [1.82, 2.24) is 4.98 Å². The second kappa shape index (κ2) is 6.34. The first-order chi connectivity index (χ1) is 12.4. The first-order valence-electron chi connectivity index (χ1n) is 7.90. The lowest BCUT2D eigenvalue weighted by molar-refractivity contribution is -0.112. The standard InChI is InChI=1S/C19H14BrN3O2S/c1-9-3-5-12(7-10(9)2)21-19-23-18(25)16(26-19)15-13-8-11(20)4-6-14(13)22-17(15)24/h3-8,25H,1-2H3,(H,21,23).